The van der Waals surface area contributed by atoms with Gasteiger partial charge in [-0.1, -0.05) is 0 Å². The first kappa shape index (κ1) is 7.27. The van der Waals surface area contributed by atoms with E-state index < -0.39 is 0 Å². The van der Waals surface area contributed by atoms with Gasteiger partial charge >= 0.3 is 63.1 Å². The number of hydrogen-bond donors (Lipinski definition) is 0. The van der Waals surface area contributed by atoms with Crippen LogP contribution in [0.2, 0.25) is 5.28 Å². The second-order valence-electron chi connectivity index (χ2n) is 1.58. The summed E-state index contributed by atoms with van der Waals surface area (Å²) in [6.45, 7) is 1.68. The van der Waals surface area contributed by atoms with Crippen LogP contribution in [0.3, 0.4) is 0 Å². The second kappa shape index (κ2) is 2.83. The van der Waals surface area contributed by atoms with Crippen molar-refractivity contribution in [3.63, 3.8) is 0 Å². The van der Waals surface area contributed by atoms with Gasteiger partial charge in [-0.3, -0.25) is 0 Å². The van der Waals surface area contributed by atoms with Gasteiger partial charge in [-0.2, -0.15) is 0 Å². The molecular weight excluding hydrogens is 150 g/mol. The van der Waals surface area contributed by atoms with Gasteiger partial charge in [-0.05, 0) is 0 Å². The number of hydrogen-bond acceptors (Lipinski definition) is 4. The number of aromatic nitrogens is 3. The molecule has 0 atom stereocenters. The van der Waals surface area contributed by atoms with Gasteiger partial charge in [0, 0.05) is 0 Å². The fourth-order valence-corrected chi connectivity index (χ4v) is 0.691. The van der Waals surface area contributed by atoms with Gasteiger partial charge in [0.15, 0.2) is 0 Å². The van der Waals surface area contributed by atoms with Crippen LogP contribution in [0.1, 0.15) is 5.82 Å². The predicted molar refractivity (Wildman–Crippen MR) is 37.4 cm³/mol. The summed E-state index contributed by atoms with van der Waals surface area (Å²) in [5, 5.41) is 0.108. The molecule has 1 rings (SSSR count). The van der Waals surface area contributed by atoms with E-state index >= 15 is 0 Å². The Morgan fingerprint density at radius 3 is 2.60 bits per heavy atom. The predicted octanol–water partition coefficient (Wildman–Crippen LogP) is 0.817. The summed E-state index contributed by atoms with van der Waals surface area (Å²) in [4.78, 5) is 14.3. The van der Waals surface area contributed by atoms with E-state index in [9.17, 15) is 0 Å². The SMILES string of the molecule is [B]=Nc1nc(C)nc(Cl)n1. The molecule has 0 spiro atoms. The molecule has 1 radical (unpaired) electrons. The van der Waals surface area contributed by atoms with E-state index in [1.807, 2.05) is 0 Å². The van der Waals surface area contributed by atoms with Gasteiger partial charge < -0.3 is 0 Å². The van der Waals surface area contributed by atoms with Gasteiger partial charge in [0.1, 0.15) is 0 Å². The third kappa shape index (κ3) is 1.57. The van der Waals surface area contributed by atoms with Crippen molar-refractivity contribution < 1.29 is 0 Å². The van der Waals surface area contributed by atoms with Crippen LogP contribution in [0.25, 0.3) is 0 Å². The molecule has 4 nitrogen and oxygen atoms in total. The van der Waals surface area contributed by atoms with E-state index in [-0.39, 0.29) is 11.2 Å². The fraction of sp³-hybridized carbons (Fsp3) is 0.250. The van der Waals surface area contributed by atoms with Crippen LogP contribution in [0.15, 0.2) is 4.90 Å². The normalized spacial score (nSPS) is 9.30. The quantitative estimate of drug-likeness (QED) is 0.561. The average Bonchev–Trinajstić information content (AvgIpc) is 1.85. The van der Waals surface area contributed by atoms with Gasteiger partial charge in [0.2, 0.25) is 0 Å². The third-order valence-corrected chi connectivity index (χ3v) is 0.993. The number of rotatable bonds is 1. The molecule has 0 aromatic carbocycles. The Kier molecular flexibility index (Phi) is 2.06. The summed E-state index contributed by atoms with van der Waals surface area (Å²) in [6.07, 6.45) is 0. The summed E-state index contributed by atoms with van der Waals surface area (Å²) in [6, 6.07) is 0. The fourth-order valence-electron chi connectivity index (χ4n) is 0.493. The molecule has 0 aliphatic rings. The minimum absolute atomic E-state index is 0.108. The number of nitrogens with zero attached hydrogens (tertiary/aromatic N) is 4. The summed E-state index contributed by atoms with van der Waals surface area (Å²) in [7, 11) is 4.90. The average molecular weight is 153 g/mol. The standard InChI is InChI=1S/C4H3BClN4/c1-2-7-3(6)9-4(8-2)10-5/h1H3. The molecule has 0 fully saturated rings. The zero-order chi connectivity index (χ0) is 7.56. The zero-order valence-electron chi connectivity index (χ0n) is 5.24. The molecule has 1 heterocycles. The molecule has 10 heavy (non-hydrogen) atoms. The molecule has 0 bridgehead atoms. The third-order valence-electron chi connectivity index (χ3n) is 0.824. The Hall–Kier alpha value is -0.835. The number of aryl methyl sites for hydroxylation is 1. The Morgan fingerprint density at radius 1 is 1.40 bits per heavy atom. The Bertz CT molecular complexity index is 243. The zero-order valence-corrected chi connectivity index (χ0v) is 6.00. The van der Waals surface area contributed by atoms with Crippen molar-refractivity contribution in [2.24, 2.45) is 4.90 Å². The van der Waals surface area contributed by atoms with Crippen LogP contribution in [-0.4, -0.2) is 22.6 Å². The molecule has 0 saturated heterocycles. The van der Waals surface area contributed by atoms with E-state index in [0.717, 1.165) is 0 Å². The van der Waals surface area contributed by atoms with Crippen LogP contribution in [0.5, 0.6) is 0 Å². The van der Waals surface area contributed by atoms with Gasteiger partial charge in [-0.25, -0.2) is 0 Å². The molecule has 0 N–H and O–H groups in total. The topological polar surface area (TPSA) is 51.0 Å². The van der Waals surface area contributed by atoms with E-state index in [1.165, 1.54) is 0 Å². The minimum atomic E-state index is 0.108. The van der Waals surface area contributed by atoms with E-state index in [2.05, 4.69) is 19.8 Å². The van der Waals surface area contributed by atoms with Crippen LogP contribution >= 0.6 is 11.6 Å². The van der Waals surface area contributed by atoms with Gasteiger partial charge in [-0.15, -0.1) is 0 Å². The molecule has 0 aliphatic carbocycles. The van der Waals surface area contributed by atoms with Crippen molar-refractivity contribution in [3.05, 3.63) is 11.1 Å². The van der Waals surface area contributed by atoms with Crippen molar-refractivity contribution in [1.82, 2.24) is 15.0 Å². The van der Waals surface area contributed by atoms with Gasteiger partial charge in [0.25, 0.3) is 0 Å². The van der Waals surface area contributed by atoms with Crippen molar-refractivity contribution in [3.8, 4) is 0 Å². The maximum atomic E-state index is 5.45. The van der Waals surface area contributed by atoms with E-state index in [1.54, 1.807) is 6.92 Å². The maximum absolute atomic E-state index is 5.45. The molecule has 0 unspecified atom stereocenters. The first-order chi connectivity index (χ1) is 4.72. The van der Waals surface area contributed by atoms with Crippen molar-refractivity contribution in [1.29, 1.82) is 0 Å². The molecule has 0 amide bonds. The molecule has 49 valence electrons. The van der Waals surface area contributed by atoms with Crippen LogP contribution < -0.4 is 0 Å². The summed E-state index contributed by atoms with van der Waals surface area (Å²) < 4.78 is 0. The van der Waals surface area contributed by atoms with Crippen molar-refractivity contribution in [2.45, 2.75) is 6.92 Å². The second-order valence-corrected chi connectivity index (χ2v) is 1.92. The molecule has 0 saturated carbocycles. The summed E-state index contributed by atoms with van der Waals surface area (Å²) in [5.74, 6) is 0.654. The Balaban J connectivity index is 3.18. The van der Waals surface area contributed by atoms with E-state index in [0.29, 0.717) is 5.82 Å². The first-order valence-corrected chi connectivity index (χ1v) is 2.89. The van der Waals surface area contributed by atoms with Crippen LogP contribution in [0.4, 0.5) is 5.95 Å². The monoisotopic (exact) mass is 153 g/mol. The molecule has 0 aliphatic heterocycles. The molecule has 6 heteroatoms. The first-order valence-electron chi connectivity index (χ1n) is 2.51. The molecule has 1 aromatic rings. The van der Waals surface area contributed by atoms with Crippen LogP contribution in [-0.2, 0) is 0 Å². The number of halogens is 1. The van der Waals surface area contributed by atoms with Crippen molar-refractivity contribution in [2.75, 3.05) is 0 Å². The Morgan fingerprint density at radius 2 is 2.10 bits per heavy atom. The summed E-state index contributed by atoms with van der Waals surface area (Å²) in [5.41, 5.74) is 0. The molecule has 1 aromatic heterocycles. The van der Waals surface area contributed by atoms with Crippen molar-refractivity contribution >= 4 is 25.2 Å². The molecular formula is C4H3BClN4. The summed E-state index contributed by atoms with van der Waals surface area (Å²) >= 11 is 5.45. The van der Waals surface area contributed by atoms with Gasteiger partial charge in [0.05, 0.1) is 0 Å². The Labute approximate surface area is 63.8 Å². The van der Waals surface area contributed by atoms with E-state index in [4.69, 9.17) is 19.2 Å². The van der Waals surface area contributed by atoms with Crippen LogP contribution in [0, 0.1) is 6.92 Å².